The summed E-state index contributed by atoms with van der Waals surface area (Å²) in [6.45, 7) is 1.92. The second-order valence-corrected chi connectivity index (χ2v) is 12.0. The second kappa shape index (κ2) is 11.6. The van der Waals surface area contributed by atoms with E-state index < -0.39 is 16.2 Å². The highest BCUT2D eigenvalue weighted by Crippen LogP contribution is 2.40. The summed E-state index contributed by atoms with van der Waals surface area (Å²) in [5, 5.41) is 0. The summed E-state index contributed by atoms with van der Waals surface area (Å²) >= 11 is 0. The molecular formula is C27H36ClFN2O3S. The number of sulfonamides is 1. The van der Waals surface area contributed by atoms with E-state index in [9.17, 15) is 12.8 Å². The van der Waals surface area contributed by atoms with Gasteiger partial charge in [0.25, 0.3) is 0 Å². The normalized spacial score (nSPS) is 24.5. The van der Waals surface area contributed by atoms with Crippen molar-refractivity contribution in [1.82, 2.24) is 9.62 Å². The maximum Gasteiger partial charge on any atom is 0.211 e. The first-order valence-electron chi connectivity index (χ1n) is 12.6. The highest BCUT2D eigenvalue weighted by Gasteiger charge is 2.37. The van der Waals surface area contributed by atoms with Gasteiger partial charge >= 0.3 is 0 Å². The molecule has 5 nitrogen and oxygen atoms in total. The Hall–Kier alpha value is -1.67. The standard InChI is InChI=1S/C27H35FN2O3S.ClH/c28-23-12-14-30(18-23)27-11-9-22-8-10-24(33-15-13-29-34(31,32)19-21-6-7-21)17-25(22)26(27)16-20-4-2-1-3-5-20;/h1-5,8,10,17,21,23,26-27,29H,6-7,9,11-16,18-19H2;1H. The number of aryl methyl sites for hydroxylation is 1. The summed E-state index contributed by atoms with van der Waals surface area (Å²) in [6, 6.07) is 17.1. The van der Waals surface area contributed by atoms with Crippen LogP contribution >= 0.6 is 12.4 Å². The Bertz CT molecular complexity index is 1080. The SMILES string of the molecule is Cl.O=S(=O)(CC1CC1)NCCOc1ccc2c(c1)C(Cc1ccccc1)C(N1CCC(F)C1)CC2. The molecule has 1 N–H and O–H groups in total. The van der Waals surface area contributed by atoms with Crippen LogP contribution < -0.4 is 9.46 Å². The second-order valence-electron chi connectivity index (χ2n) is 10.1. The number of fused-ring (bicyclic) bond motifs is 1. The first-order valence-corrected chi connectivity index (χ1v) is 14.3. The molecule has 2 aromatic rings. The van der Waals surface area contributed by atoms with Gasteiger partial charge in [0.2, 0.25) is 10.0 Å². The number of hydrogen-bond acceptors (Lipinski definition) is 4. The molecule has 1 saturated carbocycles. The zero-order chi connectivity index (χ0) is 23.5. The molecule has 1 heterocycles. The van der Waals surface area contributed by atoms with Crippen molar-refractivity contribution in [2.75, 3.05) is 32.0 Å². The highest BCUT2D eigenvalue weighted by atomic mass is 35.5. The first kappa shape index (κ1) is 26.4. The van der Waals surface area contributed by atoms with Crippen LogP contribution in [0.4, 0.5) is 4.39 Å². The summed E-state index contributed by atoms with van der Waals surface area (Å²) < 4.78 is 46.9. The van der Waals surface area contributed by atoms with Crippen LogP contribution in [0.5, 0.6) is 5.75 Å². The van der Waals surface area contributed by atoms with Crippen LogP contribution in [0.1, 0.15) is 48.3 Å². The Kier molecular flexibility index (Phi) is 8.74. The predicted molar refractivity (Wildman–Crippen MR) is 140 cm³/mol. The van der Waals surface area contributed by atoms with Crippen LogP contribution in [-0.2, 0) is 22.9 Å². The molecule has 192 valence electrons. The van der Waals surface area contributed by atoms with Gasteiger partial charge in [0.05, 0.1) is 5.75 Å². The van der Waals surface area contributed by atoms with Crippen molar-refractivity contribution in [3.63, 3.8) is 0 Å². The average Bonchev–Trinajstić information content (AvgIpc) is 3.53. The van der Waals surface area contributed by atoms with Gasteiger partial charge in [0.1, 0.15) is 18.5 Å². The Labute approximate surface area is 214 Å². The molecule has 1 aliphatic heterocycles. The van der Waals surface area contributed by atoms with Crippen LogP contribution in [0.3, 0.4) is 0 Å². The molecule has 5 rings (SSSR count). The molecule has 0 radical (unpaired) electrons. The number of benzene rings is 2. The molecule has 1 saturated heterocycles. The van der Waals surface area contributed by atoms with Gasteiger partial charge in [0.15, 0.2) is 0 Å². The van der Waals surface area contributed by atoms with Crippen LogP contribution in [-0.4, -0.2) is 57.5 Å². The Morgan fingerprint density at radius 2 is 1.86 bits per heavy atom. The number of halogens is 2. The molecule has 0 amide bonds. The lowest BCUT2D eigenvalue weighted by atomic mass is 9.75. The Morgan fingerprint density at radius 1 is 1.06 bits per heavy atom. The molecule has 0 aromatic heterocycles. The van der Waals surface area contributed by atoms with Crippen molar-refractivity contribution in [3.05, 3.63) is 65.2 Å². The van der Waals surface area contributed by atoms with E-state index in [1.807, 2.05) is 12.1 Å². The lowest BCUT2D eigenvalue weighted by Crippen LogP contribution is -2.42. The molecule has 0 bridgehead atoms. The van der Waals surface area contributed by atoms with Crippen molar-refractivity contribution in [2.24, 2.45) is 5.92 Å². The molecule has 3 aliphatic rings. The lowest BCUT2D eigenvalue weighted by Gasteiger charge is -2.39. The Morgan fingerprint density at radius 3 is 2.57 bits per heavy atom. The maximum atomic E-state index is 14.1. The van der Waals surface area contributed by atoms with Crippen molar-refractivity contribution in [2.45, 2.75) is 56.7 Å². The zero-order valence-electron chi connectivity index (χ0n) is 20.1. The van der Waals surface area contributed by atoms with Crippen molar-refractivity contribution in [1.29, 1.82) is 0 Å². The summed E-state index contributed by atoms with van der Waals surface area (Å²) in [6.07, 6.45) is 4.87. The molecule has 35 heavy (non-hydrogen) atoms. The average molecular weight is 523 g/mol. The molecule has 2 aromatic carbocycles. The number of likely N-dealkylation sites (tertiary alicyclic amines) is 1. The summed E-state index contributed by atoms with van der Waals surface area (Å²) in [4.78, 5) is 2.35. The predicted octanol–water partition coefficient (Wildman–Crippen LogP) is 4.50. The van der Waals surface area contributed by atoms with E-state index in [1.165, 1.54) is 16.7 Å². The molecule has 3 unspecified atom stereocenters. The van der Waals surface area contributed by atoms with Crippen LogP contribution in [0.15, 0.2) is 48.5 Å². The van der Waals surface area contributed by atoms with Gasteiger partial charge in [0, 0.05) is 31.6 Å². The maximum absolute atomic E-state index is 14.1. The monoisotopic (exact) mass is 522 g/mol. The third kappa shape index (κ3) is 6.97. The third-order valence-corrected chi connectivity index (χ3v) is 9.02. The van der Waals surface area contributed by atoms with E-state index in [4.69, 9.17) is 4.74 Å². The number of alkyl halides is 1. The molecule has 8 heteroatoms. The van der Waals surface area contributed by atoms with E-state index in [0.717, 1.165) is 44.4 Å². The van der Waals surface area contributed by atoms with E-state index in [1.54, 1.807) is 0 Å². The highest BCUT2D eigenvalue weighted by molar-refractivity contribution is 7.89. The molecule has 3 atom stereocenters. The van der Waals surface area contributed by atoms with Crippen LogP contribution in [0.25, 0.3) is 0 Å². The quantitative estimate of drug-likeness (QED) is 0.467. The minimum atomic E-state index is -3.22. The number of hydrogen-bond donors (Lipinski definition) is 1. The van der Waals surface area contributed by atoms with E-state index in [-0.39, 0.29) is 30.6 Å². The lowest BCUT2D eigenvalue weighted by molar-refractivity contribution is 0.174. The van der Waals surface area contributed by atoms with Crippen molar-refractivity contribution >= 4 is 22.4 Å². The van der Waals surface area contributed by atoms with Crippen LogP contribution in [0, 0.1) is 5.92 Å². The van der Waals surface area contributed by atoms with Gasteiger partial charge in [-0.25, -0.2) is 17.5 Å². The number of nitrogens with zero attached hydrogens (tertiary/aromatic N) is 1. The van der Waals surface area contributed by atoms with Gasteiger partial charge in [-0.05, 0) is 73.3 Å². The number of nitrogens with one attached hydrogen (secondary N) is 1. The van der Waals surface area contributed by atoms with Gasteiger partial charge in [-0.2, -0.15) is 0 Å². The topological polar surface area (TPSA) is 58.6 Å². The number of rotatable bonds is 10. The summed E-state index contributed by atoms with van der Waals surface area (Å²) in [5.74, 6) is 1.60. The smallest absolute Gasteiger partial charge is 0.211 e. The van der Waals surface area contributed by atoms with Crippen molar-refractivity contribution < 1.29 is 17.5 Å². The summed E-state index contributed by atoms with van der Waals surface area (Å²) in [5.41, 5.74) is 3.91. The number of ether oxygens (including phenoxy) is 1. The van der Waals surface area contributed by atoms with Gasteiger partial charge in [-0.1, -0.05) is 36.4 Å². The van der Waals surface area contributed by atoms with E-state index in [2.05, 4.69) is 46.0 Å². The van der Waals surface area contributed by atoms with E-state index in [0.29, 0.717) is 31.5 Å². The minimum absolute atomic E-state index is 0. The van der Waals surface area contributed by atoms with Crippen LogP contribution in [0.2, 0.25) is 0 Å². The van der Waals surface area contributed by atoms with Crippen molar-refractivity contribution in [3.8, 4) is 5.75 Å². The molecule has 2 fully saturated rings. The third-order valence-electron chi connectivity index (χ3n) is 7.47. The van der Waals surface area contributed by atoms with Gasteiger partial charge in [-0.15, -0.1) is 12.4 Å². The zero-order valence-corrected chi connectivity index (χ0v) is 21.7. The first-order chi connectivity index (χ1) is 16.5. The van der Waals surface area contributed by atoms with Gasteiger partial charge < -0.3 is 4.74 Å². The fraction of sp³-hybridized carbons (Fsp3) is 0.556. The molecular weight excluding hydrogens is 487 g/mol. The molecule has 2 aliphatic carbocycles. The largest absolute Gasteiger partial charge is 0.492 e. The fourth-order valence-electron chi connectivity index (χ4n) is 5.56. The van der Waals surface area contributed by atoms with Gasteiger partial charge in [-0.3, -0.25) is 4.90 Å². The Balaban J connectivity index is 0.00000289. The molecule has 0 spiro atoms. The van der Waals surface area contributed by atoms with E-state index >= 15 is 0 Å². The minimum Gasteiger partial charge on any atom is -0.492 e. The summed E-state index contributed by atoms with van der Waals surface area (Å²) in [7, 11) is -3.22. The fourth-order valence-corrected chi connectivity index (χ4v) is 7.03.